The van der Waals surface area contributed by atoms with Crippen molar-refractivity contribution in [3.63, 3.8) is 0 Å². The summed E-state index contributed by atoms with van der Waals surface area (Å²) in [6.45, 7) is 7.53. The van der Waals surface area contributed by atoms with Crippen LogP contribution < -0.4 is 0 Å². The van der Waals surface area contributed by atoms with Crippen LogP contribution in [0, 0.1) is 16.7 Å². The number of esters is 1. The summed E-state index contributed by atoms with van der Waals surface area (Å²) in [6, 6.07) is 8.74. The second-order valence-corrected chi connectivity index (χ2v) is 10.5. The third-order valence-corrected chi connectivity index (χ3v) is 6.36. The second-order valence-electron chi connectivity index (χ2n) is 10.5. The zero-order valence-electron chi connectivity index (χ0n) is 19.4. The van der Waals surface area contributed by atoms with Crippen LogP contribution in [0.1, 0.15) is 64.9 Å². The van der Waals surface area contributed by atoms with Crippen molar-refractivity contribution in [2.45, 2.75) is 59.3 Å². The van der Waals surface area contributed by atoms with Crippen LogP contribution in [0.5, 0.6) is 0 Å². The molecule has 172 valence electrons. The van der Waals surface area contributed by atoms with E-state index in [1.807, 2.05) is 27.7 Å². The first-order valence-corrected chi connectivity index (χ1v) is 10.9. The summed E-state index contributed by atoms with van der Waals surface area (Å²) >= 11 is 0. The third-order valence-electron chi connectivity index (χ3n) is 6.36. The van der Waals surface area contributed by atoms with Crippen molar-refractivity contribution in [2.75, 3.05) is 7.11 Å². The molecule has 2 aliphatic carbocycles. The minimum atomic E-state index is -1.13. The maximum atomic E-state index is 13.3. The van der Waals surface area contributed by atoms with Gasteiger partial charge in [-0.3, -0.25) is 14.4 Å². The topological polar surface area (TPSA) is 101 Å². The van der Waals surface area contributed by atoms with E-state index in [4.69, 9.17) is 4.74 Å². The lowest BCUT2D eigenvalue weighted by Crippen LogP contribution is -2.39. The van der Waals surface area contributed by atoms with E-state index in [0.717, 1.165) is 0 Å². The van der Waals surface area contributed by atoms with Crippen LogP contribution in [0.3, 0.4) is 0 Å². The molecule has 3 rings (SSSR count). The predicted molar refractivity (Wildman–Crippen MR) is 120 cm³/mol. The zero-order chi connectivity index (χ0) is 23.8. The SMILES string of the molecule is COC(=O)[C@H](c1ccccc1)C(C1=C(O)CC(C)(C)CC1=O)C1=C(O)CC(C)(C)CC1=O. The number of benzene rings is 1. The monoisotopic (exact) mass is 440 g/mol. The molecular formula is C26H32O6. The van der Waals surface area contributed by atoms with Gasteiger partial charge in [0.15, 0.2) is 11.6 Å². The molecule has 2 aliphatic rings. The Balaban J connectivity index is 2.31. The number of hydrogen-bond acceptors (Lipinski definition) is 6. The summed E-state index contributed by atoms with van der Waals surface area (Å²) < 4.78 is 5.08. The van der Waals surface area contributed by atoms with Crippen LogP contribution in [-0.2, 0) is 19.1 Å². The number of aliphatic hydroxyl groups excluding tert-OH is 2. The smallest absolute Gasteiger partial charge is 0.314 e. The van der Waals surface area contributed by atoms with Gasteiger partial charge in [-0.2, -0.15) is 0 Å². The number of allylic oxidation sites excluding steroid dienone is 4. The highest BCUT2D eigenvalue weighted by Gasteiger charge is 2.48. The van der Waals surface area contributed by atoms with Crippen molar-refractivity contribution in [1.82, 2.24) is 0 Å². The van der Waals surface area contributed by atoms with Crippen LogP contribution in [-0.4, -0.2) is 34.9 Å². The highest BCUT2D eigenvalue weighted by molar-refractivity contribution is 6.05. The maximum Gasteiger partial charge on any atom is 0.314 e. The molecule has 0 unspecified atom stereocenters. The number of carbonyl (C=O) groups excluding carboxylic acids is 3. The van der Waals surface area contributed by atoms with Gasteiger partial charge in [0.1, 0.15) is 11.5 Å². The quantitative estimate of drug-likeness (QED) is 0.628. The Morgan fingerprint density at radius 1 is 0.844 bits per heavy atom. The van der Waals surface area contributed by atoms with E-state index in [2.05, 4.69) is 0 Å². The molecular weight excluding hydrogens is 408 g/mol. The largest absolute Gasteiger partial charge is 0.512 e. The molecule has 32 heavy (non-hydrogen) atoms. The first-order chi connectivity index (χ1) is 14.9. The van der Waals surface area contributed by atoms with Crippen LogP contribution in [0.25, 0.3) is 0 Å². The van der Waals surface area contributed by atoms with E-state index < -0.39 is 28.6 Å². The van der Waals surface area contributed by atoms with Crippen molar-refractivity contribution in [1.29, 1.82) is 0 Å². The summed E-state index contributed by atoms with van der Waals surface area (Å²) in [4.78, 5) is 39.7. The van der Waals surface area contributed by atoms with Crippen LogP contribution in [0.15, 0.2) is 53.0 Å². The molecule has 2 N–H and O–H groups in total. The number of methoxy groups -OCH3 is 1. The molecule has 0 saturated heterocycles. The Bertz CT molecular complexity index is 944. The van der Waals surface area contributed by atoms with E-state index in [9.17, 15) is 24.6 Å². The van der Waals surface area contributed by atoms with Crippen molar-refractivity contribution in [2.24, 2.45) is 16.7 Å². The summed E-state index contributed by atoms with van der Waals surface area (Å²) in [5.41, 5.74) is -0.299. The average Bonchev–Trinajstić information content (AvgIpc) is 2.65. The second kappa shape index (κ2) is 8.57. The summed E-state index contributed by atoms with van der Waals surface area (Å²) in [5, 5.41) is 22.0. The third kappa shape index (κ3) is 4.64. The van der Waals surface area contributed by atoms with Gasteiger partial charge in [-0.15, -0.1) is 0 Å². The molecule has 0 heterocycles. The lowest BCUT2D eigenvalue weighted by Gasteiger charge is -2.38. The van der Waals surface area contributed by atoms with Gasteiger partial charge < -0.3 is 14.9 Å². The van der Waals surface area contributed by atoms with E-state index >= 15 is 0 Å². The molecule has 0 radical (unpaired) electrons. The molecule has 0 aromatic heterocycles. The number of hydrogen-bond donors (Lipinski definition) is 2. The van der Waals surface area contributed by atoms with Gasteiger partial charge in [0.2, 0.25) is 0 Å². The number of ketones is 2. The normalized spacial score (nSPS) is 21.7. The first kappa shape index (κ1) is 23.8. The van der Waals surface area contributed by atoms with Gasteiger partial charge in [-0.1, -0.05) is 58.0 Å². The van der Waals surface area contributed by atoms with Crippen LogP contribution in [0.4, 0.5) is 0 Å². The number of Topliss-reactive ketones (excluding diaryl/α,β-unsaturated/α-hetero) is 2. The molecule has 1 aromatic carbocycles. The standard InChI is InChI=1S/C26H32O6/c1-25(2)11-16(27)21(17(28)12-25)23(22-18(29)13-26(3,4)14-19(22)30)20(24(31)32-5)15-9-7-6-8-10-15/h6-10,20,23,27,29H,11-14H2,1-5H3/t20-/m1/s1. The fourth-order valence-corrected chi connectivity index (χ4v) is 5.04. The van der Waals surface area contributed by atoms with E-state index in [-0.39, 0.29) is 59.9 Å². The molecule has 0 saturated carbocycles. The molecule has 0 amide bonds. The molecule has 0 fully saturated rings. The Kier molecular flexibility index (Phi) is 6.36. The Labute approximate surface area is 189 Å². The number of rotatable bonds is 5. The van der Waals surface area contributed by atoms with Crippen molar-refractivity contribution >= 4 is 17.5 Å². The number of carbonyl (C=O) groups is 3. The van der Waals surface area contributed by atoms with E-state index in [1.165, 1.54) is 7.11 Å². The van der Waals surface area contributed by atoms with Crippen LogP contribution >= 0.6 is 0 Å². The molecule has 0 spiro atoms. The first-order valence-electron chi connectivity index (χ1n) is 10.9. The summed E-state index contributed by atoms with van der Waals surface area (Å²) in [7, 11) is 1.25. The molecule has 6 heteroatoms. The van der Waals surface area contributed by atoms with Gasteiger partial charge in [0.25, 0.3) is 0 Å². The Hall–Kier alpha value is -2.89. The minimum Gasteiger partial charge on any atom is -0.512 e. The number of ether oxygens (including phenoxy) is 1. The van der Waals surface area contributed by atoms with Gasteiger partial charge in [0, 0.05) is 42.7 Å². The highest BCUT2D eigenvalue weighted by atomic mass is 16.5. The van der Waals surface area contributed by atoms with Gasteiger partial charge in [-0.05, 0) is 16.4 Å². The summed E-state index contributed by atoms with van der Waals surface area (Å²) in [6.07, 6.45) is 0.806. The average molecular weight is 441 g/mol. The highest BCUT2D eigenvalue weighted by Crippen LogP contribution is 2.48. The lowest BCUT2D eigenvalue weighted by atomic mass is 9.64. The minimum absolute atomic E-state index is 0.0261. The fourth-order valence-electron chi connectivity index (χ4n) is 5.04. The van der Waals surface area contributed by atoms with Crippen molar-refractivity contribution in [3.8, 4) is 0 Å². The Morgan fingerprint density at radius 2 is 1.28 bits per heavy atom. The van der Waals surface area contributed by atoms with E-state index in [1.54, 1.807) is 30.3 Å². The van der Waals surface area contributed by atoms with E-state index in [0.29, 0.717) is 5.56 Å². The molecule has 0 aliphatic heterocycles. The van der Waals surface area contributed by atoms with Gasteiger partial charge in [0.05, 0.1) is 13.0 Å². The van der Waals surface area contributed by atoms with Crippen molar-refractivity contribution in [3.05, 3.63) is 58.6 Å². The maximum absolute atomic E-state index is 13.3. The van der Waals surface area contributed by atoms with Crippen LogP contribution in [0.2, 0.25) is 0 Å². The lowest BCUT2D eigenvalue weighted by molar-refractivity contribution is -0.143. The van der Waals surface area contributed by atoms with Gasteiger partial charge >= 0.3 is 5.97 Å². The Morgan fingerprint density at radius 3 is 1.66 bits per heavy atom. The number of aliphatic hydroxyl groups is 2. The van der Waals surface area contributed by atoms with Gasteiger partial charge in [-0.25, -0.2) is 0 Å². The molecule has 1 aromatic rings. The summed E-state index contributed by atoms with van der Waals surface area (Å²) in [5.74, 6) is -3.77. The molecule has 1 atom stereocenters. The fraction of sp³-hybridized carbons (Fsp3) is 0.500. The van der Waals surface area contributed by atoms with Crippen molar-refractivity contribution < 1.29 is 29.3 Å². The molecule has 0 bridgehead atoms. The zero-order valence-corrected chi connectivity index (χ0v) is 19.4. The predicted octanol–water partition coefficient (Wildman–Crippen LogP) is 4.96. The molecule has 6 nitrogen and oxygen atoms in total.